The molecule has 1 saturated heterocycles. The van der Waals surface area contributed by atoms with E-state index in [0.717, 1.165) is 31.7 Å². The maximum atomic E-state index is 11.0. The molecule has 5 nitrogen and oxygen atoms in total. The van der Waals surface area contributed by atoms with Crippen LogP contribution in [0.25, 0.3) is 0 Å². The highest BCUT2D eigenvalue weighted by Gasteiger charge is 2.29. The van der Waals surface area contributed by atoms with Crippen molar-refractivity contribution in [3.8, 4) is 0 Å². The SMILES string of the molecule is C[C@@H]1CN(Cc2ccc(N(C)C)cc2)C[C@H](C)N1Cc1ccc(C(=O)O)cc1. The van der Waals surface area contributed by atoms with Gasteiger partial charge in [0, 0.05) is 58.0 Å². The Morgan fingerprint density at radius 1 is 0.929 bits per heavy atom. The number of hydrogen-bond donors (Lipinski definition) is 1. The van der Waals surface area contributed by atoms with E-state index in [9.17, 15) is 4.79 Å². The topological polar surface area (TPSA) is 47.0 Å². The van der Waals surface area contributed by atoms with Gasteiger partial charge in [0.25, 0.3) is 0 Å². The third-order valence-electron chi connectivity index (χ3n) is 5.60. The first-order valence-corrected chi connectivity index (χ1v) is 9.90. The number of benzene rings is 2. The van der Waals surface area contributed by atoms with E-state index in [4.69, 9.17) is 5.11 Å². The zero-order valence-corrected chi connectivity index (χ0v) is 17.3. The van der Waals surface area contributed by atoms with Gasteiger partial charge in [0.05, 0.1) is 5.56 Å². The van der Waals surface area contributed by atoms with Crippen LogP contribution < -0.4 is 4.90 Å². The molecule has 0 spiro atoms. The molecule has 1 aliphatic heterocycles. The van der Waals surface area contributed by atoms with Crippen molar-refractivity contribution in [3.63, 3.8) is 0 Å². The number of nitrogens with zero attached hydrogens (tertiary/aromatic N) is 3. The lowest BCUT2D eigenvalue weighted by atomic mass is 10.0. The average Bonchev–Trinajstić information content (AvgIpc) is 2.65. The molecule has 0 aromatic heterocycles. The number of carboxylic acids is 1. The van der Waals surface area contributed by atoms with Gasteiger partial charge in [-0.05, 0) is 49.2 Å². The van der Waals surface area contributed by atoms with Crippen molar-refractivity contribution >= 4 is 11.7 Å². The van der Waals surface area contributed by atoms with E-state index in [0.29, 0.717) is 17.6 Å². The molecular weight excluding hydrogens is 350 g/mol. The minimum Gasteiger partial charge on any atom is -0.478 e. The van der Waals surface area contributed by atoms with Gasteiger partial charge in [0.15, 0.2) is 0 Å². The van der Waals surface area contributed by atoms with E-state index in [1.54, 1.807) is 12.1 Å². The van der Waals surface area contributed by atoms with Gasteiger partial charge in [-0.15, -0.1) is 0 Å². The summed E-state index contributed by atoms with van der Waals surface area (Å²) in [6, 6.07) is 17.0. The smallest absolute Gasteiger partial charge is 0.335 e. The van der Waals surface area contributed by atoms with Crippen molar-refractivity contribution in [2.75, 3.05) is 32.1 Å². The monoisotopic (exact) mass is 381 g/mol. The quantitative estimate of drug-likeness (QED) is 0.829. The number of anilines is 1. The van der Waals surface area contributed by atoms with E-state index in [1.165, 1.54) is 11.3 Å². The minimum absolute atomic E-state index is 0.343. The summed E-state index contributed by atoms with van der Waals surface area (Å²) < 4.78 is 0. The van der Waals surface area contributed by atoms with Gasteiger partial charge in [-0.25, -0.2) is 4.79 Å². The van der Waals surface area contributed by atoms with E-state index in [-0.39, 0.29) is 0 Å². The lowest BCUT2D eigenvalue weighted by molar-refractivity contribution is 0.0290. The Hall–Kier alpha value is -2.37. The summed E-state index contributed by atoms with van der Waals surface area (Å²) in [7, 11) is 4.12. The van der Waals surface area contributed by atoms with Crippen LogP contribution in [0.15, 0.2) is 48.5 Å². The van der Waals surface area contributed by atoms with Crippen molar-refractivity contribution in [2.24, 2.45) is 0 Å². The Labute approximate surface area is 168 Å². The van der Waals surface area contributed by atoms with Gasteiger partial charge in [-0.3, -0.25) is 9.80 Å². The van der Waals surface area contributed by atoms with Gasteiger partial charge in [0.2, 0.25) is 0 Å². The van der Waals surface area contributed by atoms with E-state index < -0.39 is 5.97 Å². The molecule has 2 aromatic rings. The van der Waals surface area contributed by atoms with Gasteiger partial charge >= 0.3 is 5.97 Å². The largest absolute Gasteiger partial charge is 0.478 e. The van der Waals surface area contributed by atoms with Crippen LogP contribution in [0.4, 0.5) is 5.69 Å². The number of carbonyl (C=O) groups is 1. The first-order chi connectivity index (χ1) is 13.3. The number of carboxylic acid groups (broad SMARTS) is 1. The Bertz CT molecular complexity index is 774. The summed E-state index contributed by atoms with van der Waals surface area (Å²) in [4.78, 5) is 18.2. The van der Waals surface area contributed by atoms with Gasteiger partial charge < -0.3 is 10.0 Å². The highest BCUT2D eigenvalue weighted by atomic mass is 16.4. The highest BCUT2D eigenvalue weighted by Crippen LogP contribution is 2.22. The van der Waals surface area contributed by atoms with E-state index in [1.807, 2.05) is 12.1 Å². The summed E-state index contributed by atoms with van der Waals surface area (Å²) in [6.07, 6.45) is 0. The Morgan fingerprint density at radius 2 is 1.43 bits per heavy atom. The summed E-state index contributed by atoms with van der Waals surface area (Å²) >= 11 is 0. The third-order valence-corrected chi connectivity index (χ3v) is 5.60. The van der Waals surface area contributed by atoms with Crippen molar-refractivity contribution in [3.05, 3.63) is 65.2 Å². The van der Waals surface area contributed by atoms with Crippen molar-refractivity contribution in [1.29, 1.82) is 0 Å². The first kappa shape index (κ1) is 20.4. The molecule has 5 heteroatoms. The standard InChI is InChI=1S/C23H31N3O2/c1-17-13-25(15-19-7-11-22(12-8-19)24(3)4)14-18(2)26(17)16-20-5-9-21(10-6-20)23(27)28/h5-12,17-18H,13-16H2,1-4H3,(H,27,28)/t17-,18+. The Balaban J connectivity index is 1.59. The van der Waals surface area contributed by atoms with Gasteiger partial charge in [-0.2, -0.15) is 0 Å². The lowest BCUT2D eigenvalue weighted by Crippen LogP contribution is -2.55. The normalized spacial score (nSPS) is 20.9. The van der Waals surface area contributed by atoms with Crippen LogP contribution in [0.5, 0.6) is 0 Å². The lowest BCUT2D eigenvalue weighted by Gasteiger charge is -2.44. The zero-order valence-electron chi connectivity index (χ0n) is 17.3. The van der Waals surface area contributed by atoms with Crippen LogP contribution in [-0.4, -0.2) is 60.1 Å². The fourth-order valence-corrected chi connectivity index (χ4v) is 4.03. The van der Waals surface area contributed by atoms with Crippen LogP contribution >= 0.6 is 0 Å². The summed E-state index contributed by atoms with van der Waals surface area (Å²) in [6.45, 7) is 8.46. The second-order valence-corrected chi connectivity index (χ2v) is 8.13. The molecule has 0 bridgehead atoms. The third kappa shape index (κ3) is 4.91. The molecule has 0 radical (unpaired) electrons. The maximum absolute atomic E-state index is 11.0. The van der Waals surface area contributed by atoms with Crippen LogP contribution in [0, 0.1) is 0 Å². The maximum Gasteiger partial charge on any atom is 0.335 e. The van der Waals surface area contributed by atoms with Crippen LogP contribution in [0.2, 0.25) is 0 Å². The van der Waals surface area contributed by atoms with Crippen LogP contribution in [0.1, 0.15) is 35.3 Å². The molecule has 1 aliphatic rings. The molecule has 28 heavy (non-hydrogen) atoms. The summed E-state index contributed by atoms with van der Waals surface area (Å²) in [5, 5.41) is 9.06. The number of aromatic carboxylic acids is 1. The fourth-order valence-electron chi connectivity index (χ4n) is 4.03. The van der Waals surface area contributed by atoms with E-state index >= 15 is 0 Å². The molecule has 0 unspecified atom stereocenters. The van der Waals surface area contributed by atoms with Crippen LogP contribution in [0.3, 0.4) is 0 Å². The first-order valence-electron chi connectivity index (χ1n) is 9.90. The van der Waals surface area contributed by atoms with Crippen LogP contribution in [-0.2, 0) is 13.1 Å². The highest BCUT2D eigenvalue weighted by molar-refractivity contribution is 5.87. The van der Waals surface area contributed by atoms with Crippen molar-refractivity contribution < 1.29 is 9.90 Å². The molecule has 3 rings (SSSR count). The molecule has 1 heterocycles. The molecule has 0 amide bonds. The number of hydrogen-bond acceptors (Lipinski definition) is 4. The molecule has 2 aromatic carbocycles. The summed E-state index contributed by atoms with van der Waals surface area (Å²) in [5.41, 5.74) is 4.08. The van der Waals surface area contributed by atoms with E-state index in [2.05, 4.69) is 66.9 Å². The second-order valence-electron chi connectivity index (χ2n) is 8.13. The predicted molar refractivity (Wildman–Crippen MR) is 114 cm³/mol. The van der Waals surface area contributed by atoms with Crippen molar-refractivity contribution in [1.82, 2.24) is 9.80 Å². The molecule has 2 atom stereocenters. The molecule has 1 fully saturated rings. The van der Waals surface area contributed by atoms with Gasteiger partial charge in [-0.1, -0.05) is 24.3 Å². The second kappa shape index (κ2) is 8.76. The Kier molecular flexibility index (Phi) is 6.37. The zero-order chi connectivity index (χ0) is 20.3. The number of rotatable bonds is 6. The Morgan fingerprint density at radius 3 is 1.93 bits per heavy atom. The van der Waals surface area contributed by atoms with Gasteiger partial charge in [0.1, 0.15) is 0 Å². The summed E-state index contributed by atoms with van der Waals surface area (Å²) in [5.74, 6) is -0.875. The van der Waals surface area contributed by atoms with Crippen molar-refractivity contribution in [2.45, 2.75) is 39.0 Å². The molecule has 1 N–H and O–H groups in total. The molecule has 150 valence electrons. The average molecular weight is 382 g/mol. The molecule has 0 saturated carbocycles. The molecular formula is C23H31N3O2. The fraction of sp³-hybridized carbons (Fsp3) is 0.435. The minimum atomic E-state index is -0.875. The molecule has 0 aliphatic carbocycles. The number of piperazine rings is 1. The predicted octanol–water partition coefficient (Wildman–Crippen LogP) is 3.55.